The first-order chi connectivity index (χ1) is 6.86. The number of aliphatic hydroxyl groups is 1. The molecule has 4 nitrogen and oxygen atoms in total. The van der Waals surface area contributed by atoms with E-state index in [9.17, 15) is 18.3 Å². The molecule has 0 aromatic carbocycles. The van der Waals surface area contributed by atoms with Crippen molar-refractivity contribution in [3.05, 3.63) is 17.5 Å². The van der Waals surface area contributed by atoms with Crippen molar-refractivity contribution >= 4 is 0 Å². The van der Waals surface area contributed by atoms with Crippen molar-refractivity contribution in [1.29, 1.82) is 0 Å². The molecule has 1 atom stereocenters. The van der Waals surface area contributed by atoms with Crippen molar-refractivity contribution in [2.45, 2.75) is 18.7 Å². The van der Waals surface area contributed by atoms with Gasteiger partial charge in [-0.05, 0) is 13.0 Å². The molecule has 0 aliphatic carbocycles. The second-order valence-electron chi connectivity index (χ2n) is 3.20. The Kier molecular flexibility index (Phi) is 3.35. The van der Waals surface area contributed by atoms with Crippen LogP contribution in [0.1, 0.15) is 23.8 Å². The number of halogens is 3. The molecule has 1 aromatic rings. The maximum Gasteiger partial charge on any atom is 0.435 e. The summed E-state index contributed by atoms with van der Waals surface area (Å²) in [7, 11) is 1.37. The molecule has 15 heavy (non-hydrogen) atoms. The van der Waals surface area contributed by atoms with E-state index in [0.717, 1.165) is 10.9 Å². The van der Waals surface area contributed by atoms with Gasteiger partial charge < -0.3 is 10.8 Å². The molecular weight excluding hydrogens is 211 g/mol. The van der Waals surface area contributed by atoms with Crippen molar-refractivity contribution in [1.82, 2.24) is 9.78 Å². The lowest BCUT2D eigenvalue weighted by molar-refractivity contribution is -0.143. The van der Waals surface area contributed by atoms with Gasteiger partial charge in [0.1, 0.15) is 0 Å². The maximum absolute atomic E-state index is 12.4. The fourth-order valence-corrected chi connectivity index (χ4v) is 1.28. The Labute approximate surface area is 84.5 Å². The fourth-order valence-electron chi connectivity index (χ4n) is 1.28. The van der Waals surface area contributed by atoms with Crippen molar-refractivity contribution in [2.75, 3.05) is 6.54 Å². The largest absolute Gasteiger partial charge is 0.435 e. The maximum atomic E-state index is 12.4. The van der Waals surface area contributed by atoms with Crippen LogP contribution < -0.4 is 5.73 Å². The lowest BCUT2D eigenvalue weighted by atomic mass is 10.1. The summed E-state index contributed by atoms with van der Waals surface area (Å²) in [6.45, 7) is 0.118. The smallest absolute Gasteiger partial charge is 0.388 e. The minimum absolute atomic E-state index is 0.0781. The van der Waals surface area contributed by atoms with Gasteiger partial charge in [-0.1, -0.05) is 0 Å². The predicted molar refractivity (Wildman–Crippen MR) is 46.8 cm³/mol. The van der Waals surface area contributed by atoms with E-state index in [0.29, 0.717) is 0 Å². The third-order valence-electron chi connectivity index (χ3n) is 1.92. The van der Waals surface area contributed by atoms with Crippen molar-refractivity contribution in [3.63, 3.8) is 0 Å². The Balaban J connectivity index is 3.06. The van der Waals surface area contributed by atoms with Crippen molar-refractivity contribution < 1.29 is 18.3 Å². The summed E-state index contributed by atoms with van der Waals surface area (Å²) in [6, 6.07) is 0. The minimum Gasteiger partial charge on any atom is -0.388 e. The Morgan fingerprint density at radius 1 is 1.60 bits per heavy atom. The number of nitrogens with zero attached hydrogens (tertiary/aromatic N) is 2. The van der Waals surface area contributed by atoms with Crippen LogP contribution in [0.3, 0.4) is 0 Å². The number of hydrogen-bond donors (Lipinski definition) is 2. The topological polar surface area (TPSA) is 64.1 Å². The van der Waals surface area contributed by atoms with Gasteiger partial charge in [-0.2, -0.15) is 18.3 Å². The van der Waals surface area contributed by atoms with E-state index in [2.05, 4.69) is 5.10 Å². The number of aryl methyl sites for hydroxylation is 1. The summed E-state index contributed by atoms with van der Waals surface area (Å²) in [5.41, 5.74) is 3.89. The van der Waals surface area contributed by atoms with Gasteiger partial charge in [0.2, 0.25) is 0 Å². The zero-order chi connectivity index (χ0) is 11.6. The van der Waals surface area contributed by atoms with Crippen LogP contribution in [0.2, 0.25) is 0 Å². The van der Waals surface area contributed by atoms with Gasteiger partial charge in [0.15, 0.2) is 5.69 Å². The van der Waals surface area contributed by atoms with Crippen LogP contribution in [0, 0.1) is 0 Å². The molecule has 7 heteroatoms. The first-order valence-corrected chi connectivity index (χ1v) is 4.35. The average Bonchev–Trinajstić information content (AvgIpc) is 2.47. The zero-order valence-corrected chi connectivity index (χ0v) is 8.12. The zero-order valence-electron chi connectivity index (χ0n) is 8.12. The molecule has 1 heterocycles. The molecule has 0 spiro atoms. The van der Waals surface area contributed by atoms with Gasteiger partial charge in [0.05, 0.1) is 6.10 Å². The highest BCUT2D eigenvalue weighted by atomic mass is 19.4. The summed E-state index contributed by atoms with van der Waals surface area (Å²) >= 11 is 0. The Bertz CT molecular complexity index is 334. The Morgan fingerprint density at radius 2 is 2.20 bits per heavy atom. The van der Waals surface area contributed by atoms with E-state index in [1.807, 2.05) is 0 Å². The summed E-state index contributed by atoms with van der Waals surface area (Å²) < 4.78 is 38.4. The number of aliphatic hydroxyl groups excluding tert-OH is 1. The first kappa shape index (κ1) is 12.0. The van der Waals surface area contributed by atoms with Crippen molar-refractivity contribution in [3.8, 4) is 0 Å². The van der Waals surface area contributed by atoms with Gasteiger partial charge in [-0.3, -0.25) is 4.68 Å². The first-order valence-electron chi connectivity index (χ1n) is 4.35. The molecule has 0 amide bonds. The number of rotatable bonds is 3. The molecule has 0 aliphatic heterocycles. The molecule has 3 N–H and O–H groups in total. The van der Waals surface area contributed by atoms with Gasteiger partial charge >= 0.3 is 6.18 Å². The quantitative estimate of drug-likeness (QED) is 0.797. The van der Waals surface area contributed by atoms with Crippen LogP contribution in [-0.4, -0.2) is 21.4 Å². The van der Waals surface area contributed by atoms with Crippen LogP contribution in [0.5, 0.6) is 0 Å². The summed E-state index contributed by atoms with van der Waals surface area (Å²) in [5, 5.41) is 12.7. The van der Waals surface area contributed by atoms with E-state index in [4.69, 9.17) is 5.73 Å². The lowest BCUT2D eigenvalue weighted by Crippen LogP contribution is -2.13. The number of alkyl halides is 3. The summed E-state index contributed by atoms with van der Waals surface area (Å²) in [5.74, 6) is 0. The van der Waals surface area contributed by atoms with Crippen molar-refractivity contribution in [2.24, 2.45) is 12.8 Å². The fraction of sp³-hybridized carbons (Fsp3) is 0.625. The lowest BCUT2D eigenvalue weighted by Gasteiger charge is -2.10. The highest BCUT2D eigenvalue weighted by Gasteiger charge is 2.38. The van der Waals surface area contributed by atoms with E-state index < -0.39 is 18.0 Å². The minimum atomic E-state index is -4.55. The number of aromatic nitrogens is 2. The highest BCUT2D eigenvalue weighted by Crippen LogP contribution is 2.33. The number of hydrogen-bond acceptors (Lipinski definition) is 3. The normalized spacial score (nSPS) is 14.3. The Hall–Kier alpha value is -1.08. The molecule has 0 bridgehead atoms. The van der Waals surface area contributed by atoms with Gasteiger partial charge in [-0.25, -0.2) is 0 Å². The molecule has 86 valence electrons. The molecule has 0 fully saturated rings. The standard InChI is InChI=1S/C8H12F3N3O/c1-14-4-5(6(15)2-3-12)7(13-14)8(9,10)11/h4,6,15H,2-3,12H2,1H3/t6-/m1/s1. The van der Waals surface area contributed by atoms with E-state index >= 15 is 0 Å². The third kappa shape index (κ3) is 2.69. The average molecular weight is 223 g/mol. The summed E-state index contributed by atoms with van der Waals surface area (Å²) in [4.78, 5) is 0. The molecule has 0 saturated carbocycles. The third-order valence-corrected chi connectivity index (χ3v) is 1.92. The monoisotopic (exact) mass is 223 g/mol. The van der Waals surface area contributed by atoms with Gasteiger partial charge in [0.25, 0.3) is 0 Å². The molecule has 1 rings (SSSR count). The van der Waals surface area contributed by atoms with Crippen LogP contribution in [0.25, 0.3) is 0 Å². The predicted octanol–water partition coefficient (Wildman–Crippen LogP) is 0.821. The van der Waals surface area contributed by atoms with E-state index in [-0.39, 0.29) is 18.5 Å². The van der Waals surface area contributed by atoms with Crippen LogP contribution >= 0.6 is 0 Å². The van der Waals surface area contributed by atoms with Gasteiger partial charge in [0, 0.05) is 18.8 Å². The molecular formula is C8H12F3N3O. The molecule has 0 radical (unpaired) electrons. The second kappa shape index (κ2) is 4.19. The van der Waals surface area contributed by atoms with E-state index in [1.54, 1.807) is 0 Å². The second-order valence-corrected chi connectivity index (χ2v) is 3.20. The number of nitrogens with two attached hydrogens (primary N) is 1. The van der Waals surface area contributed by atoms with Gasteiger partial charge in [-0.15, -0.1) is 0 Å². The van der Waals surface area contributed by atoms with E-state index in [1.165, 1.54) is 7.05 Å². The Morgan fingerprint density at radius 3 is 2.67 bits per heavy atom. The summed E-state index contributed by atoms with van der Waals surface area (Å²) in [6.07, 6.45) is -4.54. The van der Waals surface area contributed by atoms with Crippen LogP contribution in [-0.2, 0) is 13.2 Å². The highest BCUT2D eigenvalue weighted by molar-refractivity contribution is 5.22. The van der Waals surface area contributed by atoms with Crippen LogP contribution in [0.15, 0.2) is 6.20 Å². The molecule has 0 saturated heterocycles. The SMILES string of the molecule is Cn1cc([C@H](O)CCN)c(C(F)(F)F)n1. The molecule has 0 aliphatic rings. The molecule has 0 unspecified atom stereocenters. The van der Waals surface area contributed by atoms with Crippen LogP contribution in [0.4, 0.5) is 13.2 Å². The molecule has 1 aromatic heterocycles.